The molecule has 1 aromatic heterocycles. The summed E-state index contributed by atoms with van der Waals surface area (Å²) in [7, 11) is 3.27. The first-order chi connectivity index (χ1) is 13.9. The van der Waals surface area contributed by atoms with Gasteiger partial charge in [-0.15, -0.1) is 11.6 Å². The van der Waals surface area contributed by atoms with Gasteiger partial charge >= 0.3 is 5.97 Å². The van der Waals surface area contributed by atoms with Gasteiger partial charge < -0.3 is 24.6 Å². The summed E-state index contributed by atoms with van der Waals surface area (Å²) in [4.78, 5) is 26.2. The number of nitrogens with zero attached hydrogens (tertiary/aromatic N) is 2. The van der Waals surface area contributed by atoms with Crippen LogP contribution in [0, 0.1) is 5.82 Å². The third-order valence-electron chi connectivity index (χ3n) is 6.03. The Kier molecular flexibility index (Phi) is 4.94. The molecule has 2 aromatic rings. The van der Waals surface area contributed by atoms with Gasteiger partial charge in [-0.1, -0.05) is 0 Å². The molecule has 9 heteroatoms. The highest BCUT2D eigenvalue weighted by atomic mass is 35.5. The Morgan fingerprint density at radius 1 is 1.48 bits per heavy atom. The molecule has 1 saturated heterocycles. The molecule has 7 nitrogen and oxygen atoms in total. The largest absolute Gasteiger partial charge is 0.492 e. The number of aromatic nitrogens is 1. The van der Waals surface area contributed by atoms with Crippen molar-refractivity contribution in [2.45, 2.75) is 30.8 Å². The Balaban J connectivity index is 1.97. The van der Waals surface area contributed by atoms with Gasteiger partial charge in [0.1, 0.15) is 11.3 Å². The summed E-state index contributed by atoms with van der Waals surface area (Å²) in [5.74, 6) is -1.30. The van der Waals surface area contributed by atoms with E-state index in [0.29, 0.717) is 24.5 Å². The van der Waals surface area contributed by atoms with Crippen molar-refractivity contribution in [3.8, 4) is 5.75 Å². The summed E-state index contributed by atoms with van der Waals surface area (Å²) in [5.41, 5.74) is -0.693. The normalized spacial score (nSPS) is 21.7. The second kappa shape index (κ2) is 7.18. The van der Waals surface area contributed by atoms with E-state index in [9.17, 15) is 14.7 Å². The number of carboxylic acid groups (broad SMARTS) is 1. The number of hydrogen-bond acceptors (Lipinski definition) is 5. The van der Waals surface area contributed by atoms with Gasteiger partial charge in [0.25, 0.3) is 0 Å². The highest BCUT2D eigenvalue weighted by Gasteiger charge is 2.39. The zero-order valence-corrected chi connectivity index (χ0v) is 17.1. The first-order valence-electron chi connectivity index (χ1n) is 9.54. The van der Waals surface area contributed by atoms with E-state index in [2.05, 4.69) is 5.32 Å². The van der Waals surface area contributed by atoms with Crippen molar-refractivity contribution >= 4 is 34.2 Å². The number of pyridine rings is 1. The Morgan fingerprint density at radius 3 is 2.72 bits per heavy atom. The van der Waals surface area contributed by atoms with Crippen LogP contribution in [0.15, 0.2) is 17.1 Å². The Morgan fingerprint density at radius 2 is 2.21 bits per heavy atom. The third kappa shape index (κ3) is 3.14. The molecule has 0 spiro atoms. The number of benzene rings is 1. The Bertz CT molecular complexity index is 1050. The molecule has 2 heterocycles. The van der Waals surface area contributed by atoms with Crippen molar-refractivity contribution in [2.75, 3.05) is 38.0 Å². The lowest BCUT2D eigenvalue weighted by Crippen LogP contribution is -2.47. The number of fused-ring (bicyclic) bond motifs is 1. The highest BCUT2D eigenvalue weighted by Crippen LogP contribution is 2.44. The van der Waals surface area contributed by atoms with E-state index in [1.807, 2.05) is 11.9 Å². The first-order valence-corrected chi connectivity index (χ1v) is 10.1. The van der Waals surface area contributed by atoms with Crippen molar-refractivity contribution in [3.63, 3.8) is 0 Å². The van der Waals surface area contributed by atoms with Crippen LogP contribution in [0.25, 0.3) is 10.9 Å². The van der Waals surface area contributed by atoms with Crippen molar-refractivity contribution < 1.29 is 19.0 Å². The molecule has 2 N–H and O–H groups in total. The van der Waals surface area contributed by atoms with Gasteiger partial charge in [0.05, 0.1) is 23.6 Å². The molecule has 0 bridgehead atoms. The predicted octanol–water partition coefficient (Wildman–Crippen LogP) is 2.59. The zero-order chi connectivity index (χ0) is 20.9. The second-order valence-corrected chi connectivity index (χ2v) is 8.05. The van der Waals surface area contributed by atoms with Gasteiger partial charge in [-0.2, -0.15) is 0 Å². The number of anilines is 1. The van der Waals surface area contributed by atoms with E-state index in [1.54, 1.807) is 4.57 Å². The van der Waals surface area contributed by atoms with E-state index >= 15 is 4.39 Å². The molecule has 1 aromatic carbocycles. The molecule has 2 fully saturated rings. The minimum absolute atomic E-state index is 0.0197. The summed E-state index contributed by atoms with van der Waals surface area (Å²) >= 11 is 6.15. The van der Waals surface area contributed by atoms with Crippen LogP contribution in [0.2, 0.25) is 0 Å². The Hall–Kier alpha value is -2.32. The SMILES string of the molecule is CNC1(CCl)CCN(c2c(F)cc3c(=O)c(C(=O)O)cn(C4CC4)c3c2OC)C1. The number of hydrogen-bond donors (Lipinski definition) is 2. The maximum absolute atomic E-state index is 15.3. The van der Waals surface area contributed by atoms with Crippen LogP contribution in [0.5, 0.6) is 5.75 Å². The zero-order valence-electron chi connectivity index (χ0n) is 16.3. The van der Waals surface area contributed by atoms with Gasteiger partial charge in [-0.05, 0) is 32.4 Å². The monoisotopic (exact) mass is 423 g/mol. The third-order valence-corrected chi connectivity index (χ3v) is 6.54. The van der Waals surface area contributed by atoms with Gasteiger partial charge in [0, 0.05) is 31.2 Å². The average Bonchev–Trinajstić information content (AvgIpc) is 3.46. The standard InChI is InChI=1S/C20H23ClFN3O4/c1-23-20(9-21)5-6-24(10-20)16-14(22)7-12-15(18(16)29-2)25(11-3-4-11)8-13(17(12)26)19(27)28/h7-8,11,23H,3-6,9-10H2,1-2H3,(H,27,28). The van der Waals surface area contributed by atoms with Gasteiger partial charge in [-0.3, -0.25) is 4.79 Å². The summed E-state index contributed by atoms with van der Waals surface area (Å²) < 4.78 is 22.6. The predicted molar refractivity (Wildman–Crippen MR) is 109 cm³/mol. The van der Waals surface area contributed by atoms with Crippen molar-refractivity contribution in [1.82, 2.24) is 9.88 Å². The fourth-order valence-corrected chi connectivity index (χ4v) is 4.52. The van der Waals surface area contributed by atoms with E-state index in [-0.39, 0.29) is 34.0 Å². The maximum atomic E-state index is 15.3. The summed E-state index contributed by atoms with van der Waals surface area (Å²) in [6.07, 6.45) is 3.83. The first kappa shape index (κ1) is 20.0. The number of carbonyl (C=O) groups is 1. The number of rotatable bonds is 6. The number of aromatic carboxylic acids is 1. The van der Waals surface area contributed by atoms with Crippen LogP contribution in [0.1, 0.15) is 35.7 Å². The summed E-state index contributed by atoms with van der Waals surface area (Å²) in [6, 6.07) is 1.21. The van der Waals surface area contributed by atoms with E-state index < -0.39 is 17.2 Å². The number of halogens is 2. The molecule has 1 aliphatic carbocycles. The van der Waals surface area contributed by atoms with Crippen molar-refractivity contribution in [3.05, 3.63) is 33.9 Å². The molecule has 1 atom stereocenters. The molecule has 0 amide bonds. The van der Waals surface area contributed by atoms with Crippen LogP contribution in [0.3, 0.4) is 0 Å². The molecule has 1 aliphatic heterocycles. The molecular weight excluding hydrogens is 401 g/mol. The molecular formula is C20H23ClFN3O4. The summed E-state index contributed by atoms with van der Waals surface area (Å²) in [6.45, 7) is 1.07. The van der Waals surface area contributed by atoms with Crippen LogP contribution < -0.4 is 20.4 Å². The minimum atomic E-state index is -1.32. The van der Waals surface area contributed by atoms with E-state index in [4.69, 9.17) is 16.3 Å². The van der Waals surface area contributed by atoms with E-state index in [1.165, 1.54) is 13.3 Å². The van der Waals surface area contributed by atoms with Crippen LogP contribution in [-0.4, -0.2) is 54.3 Å². The maximum Gasteiger partial charge on any atom is 0.341 e. The number of ether oxygens (including phenoxy) is 1. The number of carboxylic acids is 1. The smallest absolute Gasteiger partial charge is 0.341 e. The molecule has 29 heavy (non-hydrogen) atoms. The quantitative estimate of drug-likeness (QED) is 0.695. The number of nitrogens with one attached hydrogen (secondary N) is 1. The Labute approximate surface area is 172 Å². The molecule has 4 rings (SSSR count). The molecule has 1 saturated carbocycles. The topological polar surface area (TPSA) is 83.8 Å². The fourth-order valence-electron chi connectivity index (χ4n) is 4.17. The van der Waals surface area contributed by atoms with Crippen LogP contribution in [0.4, 0.5) is 10.1 Å². The molecule has 2 aliphatic rings. The van der Waals surface area contributed by atoms with E-state index in [0.717, 1.165) is 25.3 Å². The van der Waals surface area contributed by atoms with Crippen molar-refractivity contribution in [1.29, 1.82) is 0 Å². The average molecular weight is 424 g/mol. The minimum Gasteiger partial charge on any atom is -0.492 e. The second-order valence-electron chi connectivity index (χ2n) is 7.79. The fraction of sp³-hybridized carbons (Fsp3) is 0.500. The molecule has 1 unspecified atom stereocenters. The lowest BCUT2D eigenvalue weighted by Gasteiger charge is -2.28. The number of methoxy groups -OCH3 is 1. The van der Waals surface area contributed by atoms with Crippen LogP contribution >= 0.6 is 11.6 Å². The van der Waals surface area contributed by atoms with Gasteiger partial charge in [-0.25, -0.2) is 9.18 Å². The van der Waals surface area contributed by atoms with Gasteiger partial charge in [0.15, 0.2) is 11.6 Å². The summed E-state index contributed by atoms with van der Waals surface area (Å²) in [5, 5.41) is 12.7. The number of alkyl halides is 1. The molecule has 156 valence electrons. The number of likely N-dealkylation sites (N-methyl/N-ethyl adjacent to an activating group) is 1. The lowest BCUT2D eigenvalue weighted by atomic mass is 10.0. The van der Waals surface area contributed by atoms with Gasteiger partial charge in [0.2, 0.25) is 5.43 Å². The highest BCUT2D eigenvalue weighted by molar-refractivity contribution is 6.18. The van der Waals surface area contributed by atoms with Crippen LogP contribution in [-0.2, 0) is 0 Å². The molecule has 0 radical (unpaired) electrons. The lowest BCUT2D eigenvalue weighted by molar-refractivity contribution is 0.0695. The van der Waals surface area contributed by atoms with Crippen molar-refractivity contribution in [2.24, 2.45) is 0 Å².